The van der Waals surface area contributed by atoms with Crippen molar-refractivity contribution in [2.45, 2.75) is 26.1 Å². The predicted octanol–water partition coefficient (Wildman–Crippen LogP) is 0.316. The Balaban J connectivity index is 1.73. The minimum Gasteiger partial charge on any atom is -0.373 e. The van der Waals surface area contributed by atoms with Crippen LogP contribution in [0.1, 0.15) is 24.3 Å². The standard InChI is InChI=1S/C13H20N4O2/c1-10-8-17(9-11(2)19-10)6-5-16-13(18)12-7-14-3-4-15-12/h3-4,7,10-11H,5-6,8-9H2,1-2H3,(H,16,18)/t10-,11-/m0/s1. The van der Waals surface area contributed by atoms with Crippen LogP contribution in [0.15, 0.2) is 18.6 Å². The summed E-state index contributed by atoms with van der Waals surface area (Å²) in [5.74, 6) is -0.178. The summed E-state index contributed by atoms with van der Waals surface area (Å²) in [6.45, 7) is 7.39. The highest BCUT2D eigenvalue weighted by atomic mass is 16.5. The summed E-state index contributed by atoms with van der Waals surface area (Å²) >= 11 is 0. The maximum Gasteiger partial charge on any atom is 0.271 e. The van der Waals surface area contributed by atoms with E-state index in [1.165, 1.54) is 12.4 Å². The van der Waals surface area contributed by atoms with Gasteiger partial charge in [-0.2, -0.15) is 0 Å². The van der Waals surface area contributed by atoms with Crippen molar-refractivity contribution in [3.63, 3.8) is 0 Å². The van der Waals surface area contributed by atoms with Crippen molar-refractivity contribution in [2.75, 3.05) is 26.2 Å². The summed E-state index contributed by atoms with van der Waals surface area (Å²) in [7, 11) is 0. The first-order valence-electron chi connectivity index (χ1n) is 6.57. The number of nitrogens with zero attached hydrogens (tertiary/aromatic N) is 3. The fourth-order valence-electron chi connectivity index (χ4n) is 2.30. The maximum absolute atomic E-state index is 11.8. The first kappa shape index (κ1) is 13.9. The molecule has 1 aliphatic heterocycles. The zero-order valence-electron chi connectivity index (χ0n) is 11.4. The number of ether oxygens (including phenoxy) is 1. The van der Waals surface area contributed by atoms with Gasteiger partial charge in [-0.1, -0.05) is 0 Å². The highest BCUT2D eigenvalue weighted by Crippen LogP contribution is 2.09. The molecule has 2 rings (SSSR count). The minimum atomic E-state index is -0.178. The van der Waals surface area contributed by atoms with Gasteiger partial charge in [0.25, 0.3) is 5.91 Å². The van der Waals surface area contributed by atoms with Crippen LogP contribution < -0.4 is 5.32 Å². The summed E-state index contributed by atoms with van der Waals surface area (Å²) in [6, 6.07) is 0. The van der Waals surface area contributed by atoms with E-state index in [4.69, 9.17) is 4.74 Å². The number of hydrogen-bond donors (Lipinski definition) is 1. The molecule has 1 aromatic rings. The fraction of sp³-hybridized carbons (Fsp3) is 0.615. The van der Waals surface area contributed by atoms with Crippen LogP contribution >= 0.6 is 0 Å². The molecule has 1 aromatic heterocycles. The van der Waals surface area contributed by atoms with E-state index in [1.807, 2.05) is 0 Å². The number of carbonyl (C=O) groups is 1. The molecule has 1 fully saturated rings. The summed E-state index contributed by atoms with van der Waals surface area (Å²) < 4.78 is 5.67. The largest absolute Gasteiger partial charge is 0.373 e. The molecule has 1 saturated heterocycles. The average molecular weight is 264 g/mol. The Morgan fingerprint density at radius 1 is 1.42 bits per heavy atom. The van der Waals surface area contributed by atoms with E-state index in [-0.39, 0.29) is 18.1 Å². The van der Waals surface area contributed by atoms with Gasteiger partial charge in [0.1, 0.15) is 5.69 Å². The molecule has 0 saturated carbocycles. The smallest absolute Gasteiger partial charge is 0.271 e. The van der Waals surface area contributed by atoms with Gasteiger partial charge in [-0.25, -0.2) is 4.98 Å². The third kappa shape index (κ3) is 4.25. The molecule has 6 heteroatoms. The Kier molecular flexibility index (Phi) is 4.81. The van der Waals surface area contributed by atoms with E-state index >= 15 is 0 Å². The molecule has 0 spiro atoms. The molecule has 1 N–H and O–H groups in total. The molecule has 0 unspecified atom stereocenters. The van der Waals surface area contributed by atoms with Gasteiger partial charge >= 0.3 is 0 Å². The summed E-state index contributed by atoms with van der Waals surface area (Å²) in [5, 5.41) is 2.85. The molecule has 1 aliphatic rings. The number of amides is 1. The molecule has 0 aliphatic carbocycles. The van der Waals surface area contributed by atoms with Gasteiger partial charge in [0.15, 0.2) is 0 Å². The zero-order chi connectivity index (χ0) is 13.7. The molecule has 104 valence electrons. The molecule has 0 radical (unpaired) electrons. The van der Waals surface area contributed by atoms with E-state index in [9.17, 15) is 4.79 Å². The molecule has 2 atom stereocenters. The van der Waals surface area contributed by atoms with Gasteiger partial charge < -0.3 is 10.1 Å². The summed E-state index contributed by atoms with van der Waals surface area (Å²) in [4.78, 5) is 21.9. The number of rotatable bonds is 4. The van der Waals surface area contributed by atoms with Crippen LogP contribution in [0, 0.1) is 0 Å². The van der Waals surface area contributed by atoms with Gasteiger partial charge in [0.05, 0.1) is 18.4 Å². The lowest BCUT2D eigenvalue weighted by molar-refractivity contribution is -0.0672. The van der Waals surface area contributed by atoms with Crippen LogP contribution in [0.3, 0.4) is 0 Å². The molecule has 0 aromatic carbocycles. The Morgan fingerprint density at radius 3 is 2.79 bits per heavy atom. The average Bonchev–Trinajstić information content (AvgIpc) is 2.38. The Labute approximate surface area is 113 Å². The SMILES string of the molecule is C[C@H]1CN(CCNC(=O)c2cnccn2)C[C@H](C)O1. The van der Waals surface area contributed by atoms with Gasteiger partial charge in [0, 0.05) is 38.6 Å². The topological polar surface area (TPSA) is 67.4 Å². The Morgan fingerprint density at radius 2 is 2.16 bits per heavy atom. The molecule has 2 heterocycles. The highest BCUT2D eigenvalue weighted by Gasteiger charge is 2.21. The van der Waals surface area contributed by atoms with E-state index in [1.54, 1.807) is 6.20 Å². The quantitative estimate of drug-likeness (QED) is 0.848. The second-order valence-corrected chi connectivity index (χ2v) is 4.86. The van der Waals surface area contributed by atoms with Crippen LogP contribution in [0.25, 0.3) is 0 Å². The number of carbonyl (C=O) groups excluding carboxylic acids is 1. The van der Waals surface area contributed by atoms with Gasteiger partial charge in [0.2, 0.25) is 0 Å². The molecule has 1 amide bonds. The minimum absolute atomic E-state index is 0.178. The molecule has 19 heavy (non-hydrogen) atoms. The van der Waals surface area contributed by atoms with Crippen molar-refractivity contribution in [3.05, 3.63) is 24.3 Å². The van der Waals surface area contributed by atoms with Gasteiger partial charge in [-0.05, 0) is 13.8 Å². The molecular weight excluding hydrogens is 244 g/mol. The van der Waals surface area contributed by atoms with Crippen molar-refractivity contribution >= 4 is 5.91 Å². The highest BCUT2D eigenvalue weighted by molar-refractivity contribution is 5.91. The third-order valence-corrected chi connectivity index (χ3v) is 3.00. The lowest BCUT2D eigenvalue weighted by Gasteiger charge is -2.35. The normalized spacial score (nSPS) is 24.1. The van der Waals surface area contributed by atoms with Crippen LogP contribution in [0.4, 0.5) is 0 Å². The first-order valence-corrected chi connectivity index (χ1v) is 6.57. The van der Waals surface area contributed by atoms with Crippen molar-refractivity contribution < 1.29 is 9.53 Å². The van der Waals surface area contributed by atoms with Crippen LogP contribution in [-0.2, 0) is 4.74 Å². The molecular formula is C13H20N4O2. The number of aromatic nitrogens is 2. The first-order chi connectivity index (χ1) is 9.15. The second-order valence-electron chi connectivity index (χ2n) is 4.86. The van der Waals surface area contributed by atoms with E-state index < -0.39 is 0 Å². The Hall–Kier alpha value is -1.53. The summed E-state index contributed by atoms with van der Waals surface area (Å²) in [5.41, 5.74) is 0.353. The molecule has 0 bridgehead atoms. The third-order valence-electron chi connectivity index (χ3n) is 3.00. The van der Waals surface area contributed by atoms with Crippen molar-refractivity contribution in [3.8, 4) is 0 Å². The number of hydrogen-bond acceptors (Lipinski definition) is 5. The Bertz CT molecular complexity index is 402. The van der Waals surface area contributed by atoms with E-state index in [2.05, 4.69) is 34.0 Å². The van der Waals surface area contributed by atoms with Crippen LogP contribution in [0.5, 0.6) is 0 Å². The molecule has 6 nitrogen and oxygen atoms in total. The van der Waals surface area contributed by atoms with E-state index in [0.717, 1.165) is 19.6 Å². The lowest BCUT2D eigenvalue weighted by Crippen LogP contribution is -2.47. The number of morpholine rings is 1. The van der Waals surface area contributed by atoms with Crippen molar-refractivity contribution in [1.82, 2.24) is 20.2 Å². The maximum atomic E-state index is 11.8. The summed E-state index contributed by atoms with van der Waals surface area (Å²) in [6.07, 6.45) is 5.03. The van der Waals surface area contributed by atoms with Gasteiger partial charge in [-0.3, -0.25) is 14.7 Å². The van der Waals surface area contributed by atoms with Crippen LogP contribution in [0.2, 0.25) is 0 Å². The van der Waals surface area contributed by atoms with Crippen molar-refractivity contribution in [2.24, 2.45) is 0 Å². The van der Waals surface area contributed by atoms with E-state index in [0.29, 0.717) is 12.2 Å². The van der Waals surface area contributed by atoms with Crippen LogP contribution in [-0.4, -0.2) is 59.2 Å². The fourth-order valence-corrected chi connectivity index (χ4v) is 2.30. The van der Waals surface area contributed by atoms with Gasteiger partial charge in [-0.15, -0.1) is 0 Å². The van der Waals surface area contributed by atoms with Crippen molar-refractivity contribution in [1.29, 1.82) is 0 Å². The monoisotopic (exact) mass is 264 g/mol. The lowest BCUT2D eigenvalue weighted by atomic mass is 10.2. The predicted molar refractivity (Wildman–Crippen MR) is 70.8 cm³/mol. The second kappa shape index (κ2) is 6.58. The zero-order valence-corrected chi connectivity index (χ0v) is 11.4. The number of nitrogens with one attached hydrogen (secondary N) is 1.